The number of sulfone groups is 1. The molecule has 2 rings (SSSR count). The molecule has 0 bridgehead atoms. The smallest absolute Gasteiger partial charge is 0.221 e. The van der Waals surface area contributed by atoms with Gasteiger partial charge in [-0.15, -0.1) is 0 Å². The Hall–Kier alpha value is -1.40. The number of hydrogen-bond acceptors (Lipinski definition) is 4. The van der Waals surface area contributed by atoms with Crippen molar-refractivity contribution in [3.8, 4) is 0 Å². The van der Waals surface area contributed by atoms with E-state index in [4.69, 9.17) is 4.74 Å². The SMILES string of the molecule is CC(=O)Nc1ccc(S(=O)(=O)CC2COC2)cc1. The zero-order valence-electron chi connectivity index (χ0n) is 10.0. The van der Waals surface area contributed by atoms with Crippen molar-refractivity contribution in [2.45, 2.75) is 11.8 Å². The van der Waals surface area contributed by atoms with Crippen LogP contribution in [0, 0.1) is 5.92 Å². The number of benzene rings is 1. The summed E-state index contributed by atoms with van der Waals surface area (Å²) in [5.41, 5.74) is 0.591. The van der Waals surface area contributed by atoms with E-state index >= 15 is 0 Å². The molecule has 0 unspecified atom stereocenters. The molecule has 98 valence electrons. The van der Waals surface area contributed by atoms with Crippen molar-refractivity contribution in [1.82, 2.24) is 0 Å². The van der Waals surface area contributed by atoms with Crippen LogP contribution in [0.25, 0.3) is 0 Å². The van der Waals surface area contributed by atoms with Gasteiger partial charge in [0, 0.05) is 18.5 Å². The van der Waals surface area contributed by atoms with Crippen molar-refractivity contribution >= 4 is 21.4 Å². The van der Waals surface area contributed by atoms with E-state index in [1.54, 1.807) is 12.1 Å². The zero-order chi connectivity index (χ0) is 13.2. The van der Waals surface area contributed by atoms with Crippen LogP contribution in [0.1, 0.15) is 6.92 Å². The Morgan fingerprint density at radius 3 is 2.39 bits per heavy atom. The first kappa shape index (κ1) is 13.0. The fourth-order valence-electron chi connectivity index (χ4n) is 1.74. The van der Waals surface area contributed by atoms with Crippen LogP contribution in [0.15, 0.2) is 29.2 Å². The summed E-state index contributed by atoms with van der Waals surface area (Å²) in [6, 6.07) is 6.21. The average molecular weight is 269 g/mol. The lowest BCUT2D eigenvalue weighted by atomic mass is 10.1. The molecule has 1 aromatic rings. The summed E-state index contributed by atoms with van der Waals surface area (Å²) in [6.07, 6.45) is 0. The maximum absolute atomic E-state index is 12.0. The van der Waals surface area contributed by atoms with Crippen LogP contribution in [0.5, 0.6) is 0 Å². The molecule has 1 aromatic carbocycles. The van der Waals surface area contributed by atoms with E-state index in [2.05, 4.69) is 5.32 Å². The van der Waals surface area contributed by atoms with Gasteiger partial charge in [-0.3, -0.25) is 4.79 Å². The normalized spacial score (nSPS) is 16.1. The van der Waals surface area contributed by atoms with Crippen LogP contribution in [-0.2, 0) is 19.4 Å². The summed E-state index contributed by atoms with van der Waals surface area (Å²) in [6.45, 7) is 2.44. The lowest BCUT2D eigenvalue weighted by Crippen LogP contribution is -2.33. The van der Waals surface area contributed by atoms with Gasteiger partial charge in [0.1, 0.15) is 0 Å². The second kappa shape index (κ2) is 5.07. The topological polar surface area (TPSA) is 72.5 Å². The van der Waals surface area contributed by atoms with Crippen LogP contribution in [0.4, 0.5) is 5.69 Å². The van der Waals surface area contributed by atoms with Crippen molar-refractivity contribution in [3.05, 3.63) is 24.3 Å². The minimum absolute atomic E-state index is 0.102. The minimum Gasteiger partial charge on any atom is -0.381 e. The fourth-order valence-corrected chi connectivity index (χ4v) is 3.29. The highest BCUT2D eigenvalue weighted by Gasteiger charge is 2.26. The summed E-state index contributed by atoms with van der Waals surface area (Å²) in [4.78, 5) is 11.1. The molecule has 1 amide bonds. The molecule has 0 spiro atoms. The Labute approximate surface area is 106 Å². The Morgan fingerprint density at radius 2 is 1.94 bits per heavy atom. The number of carbonyl (C=O) groups excluding carboxylic acids is 1. The first-order chi connectivity index (χ1) is 8.47. The first-order valence-corrected chi connectivity index (χ1v) is 7.31. The molecule has 6 heteroatoms. The van der Waals surface area contributed by atoms with Crippen LogP contribution >= 0.6 is 0 Å². The average Bonchev–Trinajstić information content (AvgIpc) is 2.24. The van der Waals surface area contributed by atoms with Crippen LogP contribution in [-0.4, -0.2) is 33.3 Å². The second-order valence-electron chi connectivity index (χ2n) is 4.39. The van der Waals surface area contributed by atoms with Gasteiger partial charge in [-0.05, 0) is 24.3 Å². The molecule has 1 heterocycles. The maximum atomic E-state index is 12.0. The molecule has 5 nitrogen and oxygen atoms in total. The van der Waals surface area contributed by atoms with Gasteiger partial charge in [0.15, 0.2) is 9.84 Å². The molecule has 1 aliphatic heterocycles. The number of ether oxygens (including phenoxy) is 1. The van der Waals surface area contributed by atoms with Gasteiger partial charge in [-0.2, -0.15) is 0 Å². The molecule has 0 radical (unpaired) electrons. The highest BCUT2D eigenvalue weighted by atomic mass is 32.2. The van der Waals surface area contributed by atoms with E-state index in [9.17, 15) is 13.2 Å². The fraction of sp³-hybridized carbons (Fsp3) is 0.417. The quantitative estimate of drug-likeness (QED) is 0.887. The van der Waals surface area contributed by atoms with Crippen molar-refractivity contribution < 1.29 is 17.9 Å². The van der Waals surface area contributed by atoms with Crippen molar-refractivity contribution in [2.75, 3.05) is 24.3 Å². The largest absolute Gasteiger partial charge is 0.381 e. The van der Waals surface area contributed by atoms with Gasteiger partial charge in [-0.25, -0.2) is 8.42 Å². The van der Waals surface area contributed by atoms with E-state index in [-0.39, 0.29) is 22.5 Å². The number of carbonyl (C=O) groups is 1. The summed E-state index contributed by atoms with van der Waals surface area (Å²) >= 11 is 0. The van der Waals surface area contributed by atoms with Gasteiger partial charge in [-0.1, -0.05) is 0 Å². The predicted octanol–water partition coefficient (Wildman–Crippen LogP) is 1.07. The first-order valence-electron chi connectivity index (χ1n) is 5.65. The van der Waals surface area contributed by atoms with Gasteiger partial charge < -0.3 is 10.1 Å². The molecule has 0 saturated carbocycles. The lowest BCUT2D eigenvalue weighted by molar-refractivity contribution is -0.114. The molecule has 0 atom stereocenters. The second-order valence-corrected chi connectivity index (χ2v) is 6.42. The molecule has 1 N–H and O–H groups in total. The molecule has 1 aliphatic rings. The molecule has 1 saturated heterocycles. The zero-order valence-corrected chi connectivity index (χ0v) is 10.9. The van der Waals surface area contributed by atoms with Crippen molar-refractivity contribution in [2.24, 2.45) is 5.92 Å². The molecule has 0 aromatic heterocycles. The standard InChI is InChI=1S/C12H15NO4S/c1-9(14)13-11-2-4-12(5-3-11)18(15,16)8-10-6-17-7-10/h2-5,10H,6-8H2,1H3,(H,13,14). The minimum atomic E-state index is -3.26. The van der Waals surface area contributed by atoms with E-state index in [0.29, 0.717) is 18.9 Å². The highest BCUT2D eigenvalue weighted by molar-refractivity contribution is 7.91. The molecule has 0 aliphatic carbocycles. The number of amides is 1. The van der Waals surface area contributed by atoms with Gasteiger partial charge >= 0.3 is 0 Å². The monoisotopic (exact) mass is 269 g/mol. The van der Waals surface area contributed by atoms with Crippen LogP contribution in [0.3, 0.4) is 0 Å². The number of hydrogen-bond donors (Lipinski definition) is 1. The third-order valence-electron chi connectivity index (χ3n) is 2.70. The Kier molecular flexibility index (Phi) is 3.68. The van der Waals surface area contributed by atoms with Gasteiger partial charge in [0.2, 0.25) is 5.91 Å². The lowest BCUT2D eigenvalue weighted by Gasteiger charge is -2.25. The van der Waals surface area contributed by atoms with E-state index in [1.165, 1.54) is 19.1 Å². The number of nitrogens with one attached hydrogen (secondary N) is 1. The molecular formula is C12H15NO4S. The molecular weight excluding hydrogens is 254 g/mol. The van der Waals surface area contributed by atoms with Crippen molar-refractivity contribution in [3.63, 3.8) is 0 Å². The Balaban J connectivity index is 2.10. The van der Waals surface area contributed by atoms with E-state index < -0.39 is 9.84 Å². The third-order valence-corrected chi connectivity index (χ3v) is 4.60. The maximum Gasteiger partial charge on any atom is 0.221 e. The Bertz CT molecular complexity index is 532. The third kappa shape index (κ3) is 3.08. The predicted molar refractivity (Wildman–Crippen MR) is 67.1 cm³/mol. The van der Waals surface area contributed by atoms with Crippen LogP contribution < -0.4 is 5.32 Å². The summed E-state index contributed by atoms with van der Waals surface area (Å²) < 4.78 is 29.0. The van der Waals surface area contributed by atoms with E-state index in [1.807, 2.05) is 0 Å². The Morgan fingerprint density at radius 1 is 1.33 bits per heavy atom. The van der Waals surface area contributed by atoms with Gasteiger partial charge in [0.25, 0.3) is 0 Å². The number of anilines is 1. The summed E-state index contributed by atoms with van der Waals surface area (Å²) in [5.74, 6) is 0.0363. The summed E-state index contributed by atoms with van der Waals surface area (Å²) in [7, 11) is -3.26. The van der Waals surface area contributed by atoms with Crippen molar-refractivity contribution in [1.29, 1.82) is 0 Å². The van der Waals surface area contributed by atoms with Crippen LogP contribution in [0.2, 0.25) is 0 Å². The van der Waals surface area contributed by atoms with Gasteiger partial charge in [0.05, 0.1) is 23.9 Å². The molecule has 1 fully saturated rings. The highest BCUT2D eigenvalue weighted by Crippen LogP contribution is 2.20. The van der Waals surface area contributed by atoms with E-state index in [0.717, 1.165) is 0 Å². The number of rotatable bonds is 4. The summed E-state index contributed by atoms with van der Waals surface area (Å²) in [5, 5.41) is 2.59. The molecule has 18 heavy (non-hydrogen) atoms.